The molecule has 0 spiro atoms. The number of nitrogen functional groups attached to an aromatic ring is 1. The van der Waals surface area contributed by atoms with Crippen LogP contribution in [0.5, 0.6) is 0 Å². The van der Waals surface area contributed by atoms with Crippen LogP contribution in [0.2, 0.25) is 0 Å². The molecule has 3 N–H and O–H groups in total. The number of aromatic nitrogens is 1. The van der Waals surface area contributed by atoms with E-state index in [1.54, 1.807) is 11.8 Å². The lowest BCUT2D eigenvalue weighted by molar-refractivity contribution is -0.385. The predicted molar refractivity (Wildman–Crippen MR) is 82.3 cm³/mol. The highest BCUT2D eigenvalue weighted by molar-refractivity contribution is 7.99. The fourth-order valence-corrected chi connectivity index (χ4v) is 3.33. The molecule has 1 heterocycles. The van der Waals surface area contributed by atoms with E-state index in [4.69, 9.17) is 5.73 Å². The van der Waals surface area contributed by atoms with Gasteiger partial charge in [0.2, 0.25) is 0 Å². The van der Waals surface area contributed by atoms with Gasteiger partial charge in [0.15, 0.2) is 0 Å². The number of anilines is 1. The van der Waals surface area contributed by atoms with Gasteiger partial charge in [-0.25, -0.2) is 4.98 Å². The van der Waals surface area contributed by atoms with Gasteiger partial charge in [-0.1, -0.05) is 6.42 Å². The highest BCUT2D eigenvalue weighted by Gasteiger charge is 2.24. The number of amides is 1. The van der Waals surface area contributed by atoms with Crippen LogP contribution in [0.25, 0.3) is 0 Å². The van der Waals surface area contributed by atoms with Gasteiger partial charge in [0.1, 0.15) is 12.0 Å². The van der Waals surface area contributed by atoms with E-state index in [0.29, 0.717) is 5.25 Å². The number of hydrogen-bond acceptors (Lipinski definition) is 6. The monoisotopic (exact) mass is 310 g/mol. The van der Waals surface area contributed by atoms with Gasteiger partial charge < -0.3 is 11.1 Å². The molecule has 0 radical (unpaired) electrons. The summed E-state index contributed by atoms with van der Waals surface area (Å²) in [5.74, 6) is -0.384. The number of carbonyl (C=O) groups excluding carboxylic acids is 1. The van der Waals surface area contributed by atoms with Crippen molar-refractivity contribution in [2.45, 2.75) is 37.0 Å². The zero-order chi connectivity index (χ0) is 15.4. The van der Waals surface area contributed by atoms with E-state index in [1.165, 1.54) is 6.07 Å². The van der Waals surface area contributed by atoms with Crippen LogP contribution in [0, 0.1) is 10.1 Å². The molecule has 0 saturated heterocycles. The smallest absolute Gasteiger partial charge is 0.288 e. The number of nitro groups is 1. The second-order valence-electron chi connectivity index (χ2n) is 5.08. The van der Waals surface area contributed by atoms with Crippen molar-refractivity contribution in [2.75, 3.05) is 12.0 Å². The number of nitrogens with zero attached hydrogens (tertiary/aromatic N) is 2. The Morgan fingerprint density at radius 1 is 1.57 bits per heavy atom. The SMILES string of the molecule is CSC1CCCC(NC(=O)c2cc([N+](=O)[O-])cnc2N)C1. The van der Waals surface area contributed by atoms with Crippen molar-refractivity contribution in [3.63, 3.8) is 0 Å². The van der Waals surface area contributed by atoms with Crippen LogP contribution in [-0.4, -0.2) is 33.4 Å². The molecule has 2 atom stereocenters. The minimum atomic E-state index is -0.590. The van der Waals surface area contributed by atoms with Crippen molar-refractivity contribution in [1.82, 2.24) is 10.3 Å². The lowest BCUT2D eigenvalue weighted by Gasteiger charge is -2.28. The first-order chi connectivity index (χ1) is 10.0. The zero-order valence-corrected chi connectivity index (χ0v) is 12.6. The molecule has 1 aliphatic carbocycles. The number of nitrogens with two attached hydrogens (primary N) is 1. The Balaban J connectivity index is 2.09. The number of hydrogen-bond donors (Lipinski definition) is 2. The summed E-state index contributed by atoms with van der Waals surface area (Å²) in [6.07, 6.45) is 7.18. The summed E-state index contributed by atoms with van der Waals surface area (Å²) in [6, 6.07) is 1.26. The first-order valence-corrected chi connectivity index (χ1v) is 8.03. The summed E-state index contributed by atoms with van der Waals surface area (Å²) in [5.41, 5.74) is 5.48. The molecule has 2 unspecified atom stereocenters. The predicted octanol–water partition coefficient (Wildman–Crippen LogP) is 1.98. The van der Waals surface area contributed by atoms with Crippen LogP contribution < -0.4 is 11.1 Å². The summed E-state index contributed by atoms with van der Waals surface area (Å²) in [4.78, 5) is 26.1. The fourth-order valence-electron chi connectivity index (χ4n) is 2.50. The van der Waals surface area contributed by atoms with Gasteiger partial charge in [-0.05, 0) is 25.5 Å². The van der Waals surface area contributed by atoms with Crippen molar-refractivity contribution < 1.29 is 9.72 Å². The molecule has 1 amide bonds. The second-order valence-corrected chi connectivity index (χ2v) is 6.22. The average molecular weight is 310 g/mol. The lowest BCUT2D eigenvalue weighted by Crippen LogP contribution is -2.39. The largest absolute Gasteiger partial charge is 0.383 e. The molecule has 0 aliphatic heterocycles. The molecule has 114 valence electrons. The summed E-state index contributed by atoms with van der Waals surface area (Å²) < 4.78 is 0. The number of thioether (sulfide) groups is 1. The minimum absolute atomic E-state index is 0.00956. The first-order valence-electron chi connectivity index (χ1n) is 6.75. The Labute approximate surface area is 126 Å². The van der Waals surface area contributed by atoms with E-state index in [2.05, 4.69) is 16.6 Å². The topological polar surface area (TPSA) is 111 Å². The van der Waals surface area contributed by atoms with Crippen LogP contribution in [0.3, 0.4) is 0 Å². The summed E-state index contributed by atoms with van der Waals surface area (Å²) in [6.45, 7) is 0. The highest BCUT2D eigenvalue weighted by Crippen LogP contribution is 2.27. The van der Waals surface area contributed by atoms with Crippen LogP contribution >= 0.6 is 11.8 Å². The lowest BCUT2D eigenvalue weighted by atomic mass is 9.94. The minimum Gasteiger partial charge on any atom is -0.383 e. The van der Waals surface area contributed by atoms with E-state index >= 15 is 0 Å². The standard InChI is InChI=1S/C13H18N4O3S/c1-21-10-4-2-3-8(5-10)16-13(18)11-6-9(17(19)20)7-15-12(11)14/h6-8,10H,2-5H2,1H3,(H2,14,15)(H,16,18). The third kappa shape index (κ3) is 3.84. The van der Waals surface area contributed by atoms with E-state index in [-0.39, 0.29) is 23.1 Å². The molecule has 0 aromatic carbocycles. The van der Waals surface area contributed by atoms with Gasteiger partial charge in [-0.2, -0.15) is 11.8 Å². The molecule has 1 aromatic heterocycles. The molecule has 0 bridgehead atoms. The Morgan fingerprint density at radius 2 is 2.33 bits per heavy atom. The number of rotatable bonds is 4. The van der Waals surface area contributed by atoms with Crippen molar-refractivity contribution in [3.8, 4) is 0 Å². The summed E-state index contributed by atoms with van der Waals surface area (Å²) in [7, 11) is 0. The first kappa shape index (κ1) is 15.6. The van der Waals surface area contributed by atoms with E-state index in [0.717, 1.165) is 31.9 Å². The molecule has 21 heavy (non-hydrogen) atoms. The van der Waals surface area contributed by atoms with Crippen LogP contribution in [-0.2, 0) is 0 Å². The molecular weight excluding hydrogens is 292 g/mol. The van der Waals surface area contributed by atoms with Gasteiger partial charge in [-0.15, -0.1) is 0 Å². The molecule has 1 saturated carbocycles. The summed E-state index contributed by atoms with van der Waals surface area (Å²) in [5, 5.41) is 14.2. The summed E-state index contributed by atoms with van der Waals surface area (Å²) >= 11 is 1.80. The molecule has 7 nitrogen and oxygen atoms in total. The van der Waals surface area contributed by atoms with E-state index in [1.807, 2.05) is 0 Å². The quantitative estimate of drug-likeness (QED) is 0.649. The van der Waals surface area contributed by atoms with Crippen LogP contribution in [0.1, 0.15) is 36.0 Å². The molecular formula is C13H18N4O3S. The third-order valence-corrected chi connectivity index (χ3v) is 4.75. The normalized spacial score (nSPS) is 21.8. The maximum Gasteiger partial charge on any atom is 0.288 e. The highest BCUT2D eigenvalue weighted by atomic mass is 32.2. The molecule has 1 fully saturated rings. The van der Waals surface area contributed by atoms with Crippen LogP contribution in [0.15, 0.2) is 12.3 Å². The second kappa shape index (κ2) is 6.75. The Bertz CT molecular complexity index is 552. The Hall–Kier alpha value is -1.83. The number of carbonyl (C=O) groups is 1. The molecule has 8 heteroatoms. The molecule has 2 rings (SSSR count). The maximum absolute atomic E-state index is 12.2. The van der Waals surface area contributed by atoms with Crippen molar-refractivity contribution in [1.29, 1.82) is 0 Å². The Morgan fingerprint density at radius 3 is 3.00 bits per heavy atom. The fraction of sp³-hybridized carbons (Fsp3) is 0.538. The number of pyridine rings is 1. The molecule has 1 aliphatic rings. The van der Waals surface area contributed by atoms with Crippen molar-refractivity contribution in [2.24, 2.45) is 0 Å². The van der Waals surface area contributed by atoms with Gasteiger partial charge >= 0.3 is 0 Å². The van der Waals surface area contributed by atoms with E-state index < -0.39 is 10.8 Å². The van der Waals surface area contributed by atoms with Gasteiger partial charge in [0.05, 0.1) is 10.5 Å². The average Bonchev–Trinajstić information content (AvgIpc) is 2.47. The van der Waals surface area contributed by atoms with Crippen LogP contribution in [0.4, 0.5) is 11.5 Å². The van der Waals surface area contributed by atoms with Crippen molar-refractivity contribution in [3.05, 3.63) is 27.9 Å². The molecule has 1 aromatic rings. The van der Waals surface area contributed by atoms with Gasteiger partial charge in [0.25, 0.3) is 11.6 Å². The van der Waals surface area contributed by atoms with Gasteiger partial charge in [-0.3, -0.25) is 14.9 Å². The Kier molecular flexibility index (Phi) is 5.00. The number of nitrogens with one attached hydrogen (secondary N) is 1. The maximum atomic E-state index is 12.2. The zero-order valence-electron chi connectivity index (χ0n) is 11.7. The van der Waals surface area contributed by atoms with Crippen molar-refractivity contribution >= 4 is 29.2 Å². The van der Waals surface area contributed by atoms with Gasteiger partial charge in [0, 0.05) is 17.4 Å². The third-order valence-electron chi connectivity index (χ3n) is 3.65. The van der Waals surface area contributed by atoms with E-state index in [9.17, 15) is 14.9 Å².